The molecule has 2 rings (SSSR count). The Morgan fingerprint density at radius 2 is 2.04 bits per heavy atom. The predicted octanol–water partition coefficient (Wildman–Crippen LogP) is 3.25. The molecule has 1 aliphatic carbocycles. The first-order valence-electron chi connectivity index (χ1n) is 9.56. The number of hydrogen-bond donors (Lipinski definition) is 1. The summed E-state index contributed by atoms with van der Waals surface area (Å²) in [7, 11) is -3.53. The van der Waals surface area contributed by atoms with Crippen molar-refractivity contribution in [1.82, 2.24) is 5.32 Å². The number of nitrogens with zero attached hydrogens (tertiary/aromatic N) is 1. The number of anilines is 1. The maximum absolute atomic E-state index is 12.3. The van der Waals surface area contributed by atoms with Crippen molar-refractivity contribution in [2.45, 2.75) is 45.4 Å². The second-order valence-electron chi connectivity index (χ2n) is 6.69. The molecule has 0 unspecified atom stereocenters. The number of nitrogens with one attached hydrogen (secondary N) is 1. The summed E-state index contributed by atoms with van der Waals surface area (Å²) in [5, 5.41) is 2.90. The van der Waals surface area contributed by atoms with Gasteiger partial charge in [-0.3, -0.25) is 9.10 Å². The van der Waals surface area contributed by atoms with E-state index in [9.17, 15) is 13.2 Å². The Kier molecular flexibility index (Phi) is 8.16. The largest absolute Gasteiger partial charge is 0.492 e. The van der Waals surface area contributed by atoms with E-state index in [4.69, 9.17) is 4.74 Å². The summed E-state index contributed by atoms with van der Waals surface area (Å²) in [6.07, 6.45) is 9.11. The third-order valence-corrected chi connectivity index (χ3v) is 5.71. The molecule has 0 spiro atoms. The molecule has 1 aliphatic rings. The number of ether oxygens (including phenoxy) is 1. The van der Waals surface area contributed by atoms with Gasteiger partial charge in [-0.2, -0.15) is 0 Å². The van der Waals surface area contributed by atoms with Crippen molar-refractivity contribution < 1.29 is 17.9 Å². The van der Waals surface area contributed by atoms with E-state index < -0.39 is 10.0 Å². The lowest BCUT2D eigenvalue weighted by Crippen LogP contribution is -2.35. The van der Waals surface area contributed by atoms with Crippen LogP contribution in [0.2, 0.25) is 0 Å². The number of para-hydroxylation sites is 2. The minimum Gasteiger partial charge on any atom is -0.492 e. The van der Waals surface area contributed by atoms with Crippen LogP contribution in [0.4, 0.5) is 5.69 Å². The Morgan fingerprint density at radius 1 is 1.26 bits per heavy atom. The molecular weight excluding hydrogens is 364 g/mol. The van der Waals surface area contributed by atoms with E-state index in [2.05, 4.69) is 11.4 Å². The highest BCUT2D eigenvalue weighted by molar-refractivity contribution is 7.92. The minimum atomic E-state index is -3.53. The lowest BCUT2D eigenvalue weighted by Gasteiger charge is -2.24. The Bertz CT molecular complexity index is 759. The van der Waals surface area contributed by atoms with Crippen molar-refractivity contribution in [2.75, 3.05) is 30.3 Å². The van der Waals surface area contributed by atoms with Crippen molar-refractivity contribution in [2.24, 2.45) is 0 Å². The van der Waals surface area contributed by atoms with E-state index in [1.54, 1.807) is 24.3 Å². The third-order valence-electron chi connectivity index (χ3n) is 4.53. The monoisotopic (exact) mass is 394 g/mol. The fourth-order valence-electron chi connectivity index (χ4n) is 3.19. The number of carbonyl (C=O) groups excluding carboxylic acids is 1. The molecule has 7 heteroatoms. The lowest BCUT2D eigenvalue weighted by molar-refractivity contribution is -0.120. The first-order valence-corrected chi connectivity index (χ1v) is 11.4. The number of allylic oxidation sites excluding steroid dienone is 1. The van der Waals surface area contributed by atoms with Crippen LogP contribution < -0.4 is 14.4 Å². The molecule has 27 heavy (non-hydrogen) atoms. The summed E-state index contributed by atoms with van der Waals surface area (Å²) in [5.41, 5.74) is 1.87. The normalized spacial score (nSPS) is 14.4. The van der Waals surface area contributed by atoms with Gasteiger partial charge in [0.05, 0.1) is 18.6 Å². The van der Waals surface area contributed by atoms with Crippen LogP contribution in [0.5, 0.6) is 5.75 Å². The van der Waals surface area contributed by atoms with Crippen molar-refractivity contribution in [3.05, 3.63) is 35.9 Å². The van der Waals surface area contributed by atoms with Crippen LogP contribution in [-0.4, -0.2) is 40.3 Å². The Morgan fingerprint density at radius 3 is 2.70 bits per heavy atom. The van der Waals surface area contributed by atoms with E-state index >= 15 is 0 Å². The summed E-state index contributed by atoms with van der Waals surface area (Å²) in [6, 6.07) is 6.98. The third kappa shape index (κ3) is 6.90. The van der Waals surface area contributed by atoms with Crippen molar-refractivity contribution in [3.63, 3.8) is 0 Å². The maximum Gasteiger partial charge on any atom is 0.232 e. The van der Waals surface area contributed by atoms with Gasteiger partial charge < -0.3 is 10.1 Å². The molecule has 6 nitrogen and oxygen atoms in total. The SMILES string of the molecule is CCOc1ccccc1N(CCC(=O)NCCC1=CCCCC1)S(C)(=O)=O. The molecule has 1 aromatic rings. The number of sulfonamides is 1. The summed E-state index contributed by atoms with van der Waals surface area (Å²) in [4.78, 5) is 12.2. The van der Waals surface area contributed by atoms with Crippen LogP contribution in [0.1, 0.15) is 45.4 Å². The molecule has 0 saturated carbocycles. The van der Waals surface area contributed by atoms with Gasteiger partial charge in [-0.15, -0.1) is 0 Å². The Labute approximate surface area is 162 Å². The molecule has 1 N–H and O–H groups in total. The molecule has 0 aliphatic heterocycles. The topological polar surface area (TPSA) is 75.7 Å². The first kappa shape index (κ1) is 21.3. The molecule has 150 valence electrons. The second-order valence-corrected chi connectivity index (χ2v) is 8.60. The van der Waals surface area contributed by atoms with Crippen LogP contribution in [0.25, 0.3) is 0 Å². The number of carbonyl (C=O) groups is 1. The van der Waals surface area contributed by atoms with E-state index in [0.717, 1.165) is 25.5 Å². The van der Waals surface area contributed by atoms with E-state index in [0.29, 0.717) is 24.6 Å². The van der Waals surface area contributed by atoms with Crippen LogP contribution in [0.15, 0.2) is 35.9 Å². The van der Waals surface area contributed by atoms with Crippen molar-refractivity contribution in [3.8, 4) is 5.75 Å². The van der Waals surface area contributed by atoms with Crippen LogP contribution >= 0.6 is 0 Å². The molecule has 0 heterocycles. The number of hydrogen-bond acceptors (Lipinski definition) is 4. The van der Waals surface area contributed by atoms with Gasteiger partial charge in [0.15, 0.2) is 0 Å². The number of benzene rings is 1. The highest BCUT2D eigenvalue weighted by Crippen LogP contribution is 2.30. The summed E-state index contributed by atoms with van der Waals surface area (Å²) in [5.74, 6) is 0.351. The zero-order chi connectivity index (χ0) is 19.7. The van der Waals surface area contributed by atoms with Gasteiger partial charge >= 0.3 is 0 Å². The summed E-state index contributed by atoms with van der Waals surface area (Å²) >= 11 is 0. The van der Waals surface area contributed by atoms with Gasteiger partial charge in [0.1, 0.15) is 5.75 Å². The first-order chi connectivity index (χ1) is 12.9. The van der Waals surface area contributed by atoms with Gasteiger partial charge in [0.2, 0.25) is 15.9 Å². The number of rotatable bonds is 10. The van der Waals surface area contributed by atoms with Crippen LogP contribution in [-0.2, 0) is 14.8 Å². The Balaban J connectivity index is 1.93. The molecule has 0 aromatic heterocycles. The molecule has 0 saturated heterocycles. The minimum absolute atomic E-state index is 0.0808. The van der Waals surface area contributed by atoms with Gasteiger partial charge in [0, 0.05) is 19.5 Å². The standard InChI is InChI=1S/C20H30N2O4S/c1-3-26-19-12-8-7-11-18(19)22(27(2,24)25)16-14-20(23)21-15-13-17-9-5-4-6-10-17/h7-9,11-12H,3-6,10,13-16H2,1-2H3,(H,21,23). The molecule has 0 bridgehead atoms. The fraction of sp³-hybridized carbons (Fsp3) is 0.550. The van der Waals surface area contributed by atoms with E-state index in [1.807, 2.05) is 6.92 Å². The van der Waals surface area contributed by atoms with Crippen LogP contribution in [0, 0.1) is 0 Å². The van der Waals surface area contributed by atoms with Crippen LogP contribution in [0.3, 0.4) is 0 Å². The lowest BCUT2D eigenvalue weighted by atomic mass is 9.97. The Hall–Kier alpha value is -2.02. The average Bonchev–Trinajstić information content (AvgIpc) is 2.63. The zero-order valence-corrected chi connectivity index (χ0v) is 17.1. The fourth-order valence-corrected chi connectivity index (χ4v) is 4.12. The van der Waals surface area contributed by atoms with Crippen molar-refractivity contribution in [1.29, 1.82) is 0 Å². The van der Waals surface area contributed by atoms with Gasteiger partial charge in [-0.25, -0.2) is 8.42 Å². The average molecular weight is 395 g/mol. The second kappa shape index (κ2) is 10.3. The molecular formula is C20H30N2O4S. The zero-order valence-electron chi connectivity index (χ0n) is 16.2. The molecule has 0 fully saturated rings. The van der Waals surface area contributed by atoms with Gasteiger partial charge in [0.25, 0.3) is 0 Å². The van der Waals surface area contributed by atoms with Crippen molar-refractivity contribution >= 4 is 21.6 Å². The molecule has 1 aromatic carbocycles. The quantitative estimate of drug-likeness (QED) is 0.618. The van der Waals surface area contributed by atoms with Gasteiger partial charge in [-0.05, 0) is 51.2 Å². The van der Waals surface area contributed by atoms with Gasteiger partial charge in [-0.1, -0.05) is 23.8 Å². The number of amides is 1. The molecule has 1 amide bonds. The predicted molar refractivity (Wildman–Crippen MR) is 109 cm³/mol. The molecule has 0 atom stereocenters. The summed E-state index contributed by atoms with van der Waals surface area (Å²) < 4.78 is 31.3. The highest BCUT2D eigenvalue weighted by Gasteiger charge is 2.21. The van der Waals surface area contributed by atoms with E-state index in [-0.39, 0.29) is 18.9 Å². The highest BCUT2D eigenvalue weighted by atomic mass is 32.2. The molecule has 0 radical (unpaired) electrons. The smallest absolute Gasteiger partial charge is 0.232 e. The maximum atomic E-state index is 12.3. The summed E-state index contributed by atoms with van der Waals surface area (Å²) in [6.45, 7) is 2.96. The van der Waals surface area contributed by atoms with E-state index in [1.165, 1.54) is 22.7 Å².